The summed E-state index contributed by atoms with van der Waals surface area (Å²) in [6.07, 6.45) is 1.02. The van der Waals surface area contributed by atoms with Crippen molar-refractivity contribution in [3.8, 4) is 0 Å². The number of hydrogen-bond donors (Lipinski definition) is 1. The number of hydrogen-bond acceptors (Lipinski definition) is 3. The summed E-state index contributed by atoms with van der Waals surface area (Å²) in [5, 5.41) is 3.15. The quantitative estimate of drug-likeness (QED) is 0.573. The molecule has 2 aliphatic rings. The second-order valence-corrected chi connectivity index (χ2v) is 3.92. The molecule has 0 unspecified atom stereocenters. The van der Waals surface area contributed by atoms with E-state index in [9.17, 15) is 4.79 Å². The van der Waals surface area contributed by atoms with Crippen LogP contribution in [0.25, 0.3) is 0 Å². The monoisotopic (exact) mass is 183 g/mol. The molecular weight excluding hydrogens is 166 g/mol. The van der Waals surface area contributed by atoms with Gasteiger partial charge in [-0.2, -0.15) is 0 Å². The fraction of sp³-hybridized carbons (Fsp3) is 0.889. The molecule has 0 radical (unpaired) electrons. The lowest BCUT2D eigenvalue weighted by molar-refractivity contribution is -0.136. The zero-order chi connectivity index (χ0) is 9.26. The van der Waals surface area contributed by atoms with Gasteiger partial charge in [-0.05, 0) is 20.0 Å². The lowest BCUT2D eigenvalue weighted by atomic mass is 10.1. The van der Waals surface area contributed by atoms with Gasteiger partial charge in [-0.15, -0.1) is 0 Å². The standard InChI is InChI=1S/C9H17N3O/c1-11-4-6-12(7-5-11)9(13)8-2-3-10-8/h8,10H,2-7H2,1H3/t8-/m1/s1. The average molecular weight is 183 g/mol. The van der Waals surface area contributed by atoms with Crippen LogP contribution in [-0.4, -0.2) is 61.5 Å². The van der Waals surface area contributed by atoms with Gasteiger partial charge in [-0.3, -0.25) is 4.79 Å². The predicted molar refractivity (Wildman–Crippen MR) is 50.5 cm³/mol. The van der Waals surface area contributed by atoms with E-state index in [2.05, 4.69) is 17.3 Å². The number of likely N-dealkylation sites (N-methyl/N-ethyl adjacent to an activating group) is 1. The molecule has 2 fully saturated rings. The molecule has 0 aliphatic carbocycles. The van der Waals surface area contributed by atoms with Gasteiger partial charge in [0.25, 0.3) is 0 Å². The van der Waals surface area contributed by atoms with Crippen LogP contribution in [0, 0.1) is 0 Å². The molecule has 0 aromatic rings. The van der Waals surface area contributed by atoms with Crippen molar-refractivity contribution in [2.24, 2.45) is 0 Å². The number of rotatable bonds is 1. The van der Waals surface area contributed by atoms with Gasteiger partial charge in [0.05, 0.1) is 6.04 Å². The Morgan fingerprint density at radius 3 is 2.38 bits per heavy atom. The number of carbonyl (C=O) groups is 1. The second kappa shape index (κ2) is 3.64. The average Bonchev–Trinajstić information content (AvgIpc) is 2.02. The topological polar surface area (TPSA) is 35.6 Å². The van der Waals surface area contributed by atoms with E-state index in [-0.39, 0.29) is 6.04 Å². The highest BCUT2D eigenvalue weighted by atomic mass is 16.2. The highest BCUT2D eigenvalue weighted by Gasteiger charge is 2.29. The Hall–Kier alpha value is -0.610. The maximum atomic E-state index is 11.7. The van der Waals surface area contributed by atoms with E-state index in [1.54, 1.807) is 0 Å². The van der Waals surface area contributed by atoms with E-state index in [4.69, 9.17) is 0 Å². The van der Waals surface area contributed by atoms with Crippen molar-refractivity contribution in [1.82, 2.24) is 15.1 Å². The first-order valence-electron chi connectivity index (χ1n) is 4.98. The fourth-order valence-electron chi connectivity index (χ4n) is 1.75. The molecule has 2 rings (SSSR count). The molecule has 0 saturated carbocycles. The van der Waals surface area contributed by atoms with Crippen molar-refractivity contribution in [2.75, 3.05) is 39.8 Å². The zero-order valence-electron chi connectivity index (χ0n) is 8.12. The summed E-state index contributed by atoms with van der Waals surface area (Å²) in [5.41, 5.74) is 0. The predicted octanol–water partition coefficient (Wildman–Crippen LogP) is -0.878. The van der Waals surface area contributed by atoms with Crippen LogP contribution >= 0.6 is 0 Å². The van der Waals surface area contributed by atoms with Crippen LogP contribution in [0.4, 0.5) is 0 Å². The Morgan fingerprint density at radius 1 is 1.31 bits per heavy atom. The molecule has 2 heterocycles. The summed E-state index contributed by atoms with van der Waals surface area (Å²) in [7, 11) is 2.10. The zero-order valence-corrected chi connectivity index (χ0v) is 8.12. The third-order valence-corrected chi connectivity index (χ3v) is 2.94. The highest BCUT2D eigenvalue weighted by Crippen LogP contribution is 2.08. The number of carbonyl (C=O) groups excluding carboxylic acids is 1. The molecule has 0 aromatic heterocycles. The summed E-state index contributed by atoms with van der Waals surface area (Å²) in [6, 6.07) is 0.128. The SMILES string of the molecule is CN1CCN(C(=O)[C@H]2CCN2)CC1. The highest BCUT2D eigenvalue weighted by molar-refractivity contribution is 5.82. The Kier molecular flexibility index (Phi) is 2.51. The third kappa shape index (κ3) is 1.84. The molecule has 13 heavy (non-hydrogen) atoms. The minimum absolute atomic E-state index is 0.128. The van der Waals surface area contributed by atoms with Gasteiger partial charge in [-0.1, -0.05) is 0 Å². The molecule has 4 nitrogen and oxygen atoms in total. The minimum atomic E-state index is 0.128. The van der Waals surface area contributed by atoms with Gasteiger partial charge < -0.3 is 15.1 Å². The molecule has 1 atom stereocenters. The summed E-state index contributed by atoms with van der Waals surface area (Å²) < 4.78 is 0. The van der Waals surface area contributed by atoms with Crippen molar-refractivity contribution < 1.29 is 4.79 Å². The van der Waals surface area contributed by atoms with Crippen molar-refractivity contribution in [3.05, 3.63) is 0 Å². The van der Waals surface area contributed by atoms with E-state index in [1.807, 2.05) is 4.90 Å². The van der Waals surface area contributed by atoms with Crippen LogP contribution in [0.1, 0.15) is 6.42 Å². The summed E-state index contributed by atoms with van der Waals surface area (Å²) >= 11 is 0. The minimum Gasteiger partial charge on any atom is -0.339 e. The Balaban J connectivity index is 1.83. The summed E-state index contributed by atoms with van der Waals surface area (Å²) in [4.78, 5) is 16.0. The fourth-order valence-corrected chi connectivity index (χ4v) is 1.75. The van der Waals surface area contributed by atoms with Crippen LogP contribution in [0.3, 0.4) is 0 Å². The lowest BCUT2D eigenvalue weighted by Crippen LogP contribution is -2.58. The van der Waals surface area contributed by atoms with Gasteiger partial charge >= 0.3 is 0 Å². The van der Waals surface area contributed by atoms with Gasteiger partial charge in [0.15, 0.2) is 0 Å². The lowest BCUT2D eigenvalue weighted by Gasteiger charge is -2.37. The van der Waals surface area contributed by atoms with E-state index < -0.39 is 0 Å². The van der Waals surface area contributed by atoms with Crippen molar-refractivity contribution in [3.63, 3.8) is 0 Å². The molecule has 0 bridgehead atoms. The van der Waals surface area contributed by atoms with Crippen LogP contribution in [0.5, 0.6) is 0 Å². The van der Waals surface area contributed by atoms with Gasteiger partial charge in [-0.25, -0.2) is 0 Å². The first-order valence-corrected chi connectivity index (χ1v) is 4.98. The Labute approximate surface area is 78.9 Å². The largest absolute Gasteiger partial charge is 0.339 e. The first kappa shape index (κ1) is 8.97. The number of nitrogens with one attached hydrogen (secondary N) is 1. The van der Waals surface area contributed by atoms with E-state index in [0.717, 1.165) is 39.1 Å². The molecule has 2 aliphatic heterocycles. The number of nitrogens with zero attached hydrogens (tertiary/aromatic N) is 2. The number of amides is 1. The molecule has 1 amide bonds. The molecule has 4 heteroatoms. The maximum absolute atomic E-state index is 11.7. The van der Waals surface area contributed by atoms with Crippen LogP contribution in [0.2, 0.25) is 0 Å². The Bertz CT molecular complexity index is 195. The number of piperazine rings is 1. The van der Waals surface area contributed by atoms with E-state index >= 15 is 0 Å². The molecular formula is C9H17N3O. The normalized spacial score (nSPS) is 29.9. The van der Waals surface area contributed by atoms with Crippen LogP contribution < -0.4 is 5.32 Å². The second-order valence-electron chi connectivity index (χ2n) is 3.92. The van der Waals surface area contributed by atoms with Gasteiger partial charge in [0.1, 0.15) is 0 Å². The van der Waals surface area contributed by atoms with Gasteiger partial charge in [0, 0.05) is 26.2 Å². The molecule has 74 valence electrons. The molecule has 0 spiro atoms. The molecule has 0 aromatic carbocycles. The van der Waals surface area contributed by atoms with Crippen molar-refractivity contribution in [1.29, 1.82) is 0 Å². The van der Waals surface area contributed by atoms with E-state index in [0.29, 0.717) is 5.91 Å². The first-order chi connectivity index (χ1) is 6.27. The third-order valence-electron chi connectivity index (χ3n) is 2.94. The van der Waals surface area contributed by atoms with Gasteiger partial charge in [0.2, 0.25) is 5.91 Å². The Morgan fingerprint density at radius 2 is 1.92 bits per heavy atom. The van der Waals surface area contributed by atoms with Crippen molar-refractivity contribution in [2.45, 2.75) is 12.5 Å². The van der Waals surface area contributed by atoms with E-state index in [1.165, 1.54) is 0 Å². The van der Waals surface area contributed by atoms with Crippen molar-refractivity contribution >= 4 is 5.91 Å². The summed E-state index contributed by atoms with van der Waals surface area (Å²) in [6.45, 7) is 4.82. The van der Waals surface area contributed by atoms with Crippen LogP contribution in [0.15, 0.2) is 0 Å². The molecule has 1 N–H and O–H groups in total. The summed E-state index contributed by atoms with van der Waals surface area (Å²) in [5.74, 6) is 0.305. The smallest absolute Gasteiger partial charge is 0.239 e. The maximum Gasteiger partial charge on any atom is 0.239 e. The molecule has 2 saturated heterocycles. The van der Waals surface area contributed by atoms with Crippen LogP contribution in [-0.2, 0) is 4.79 Å².